The number of rotatable bonds is 7. The molecule has 1 aliphatic rings. The number of ether oxygens (including phenoxy) is 1. The van der Waals surface area contributed by atoms with Crippen LogP contribution in [-0.4, -0.2) is 39.3 Å². The topological polar surface area (TPSA) is 78.5 Å². The van der Waals surface area contributed by atoms with Gasteiger partial charge in [0.15, 0.2) is 0 Å². The van der Waals surface area contributed by atoms with Crippen LogP contribution in [0.2, 0.25) is 0 Å². The maximum absolute atomic E-state index is 13.2. The Morgan fingerprint density at radius 2 is 2.00 bits per heavy atom. The van der Waals surface area contributed by atoms with E-state index in [2.05, 4.69) is 17.1 Å². The lowest BCUT2D eigenvalue weighted by atomic mass is 9.95. The van der Waals surface area contributed by atoms with Gasteiger partial charge in [-0.1, -0.05) is 37.6 Å². The van der Waals surface area contributed by atoms with Gasteiger partial charge < -0.3 is 14.7 Å². The minimum Gasteiger partial charge on any atom is -0.507 e. The first-order chi connectivity index (χ1) is 14.2. The van der Waals surface area contributed by atoms with Crippen molar-refractivity contribution in [2.45, 2.75) is 32.7 Å². The average molecular weight is 391 g/mol. The first-order valence-corrected chi connectivity index (χ1v) is 10.1. The molecule has 3 aromatic rings. The number of hydrogen-bond acceptors (Lipinski definition) is 4. The number of aromatic hydroxyl groups is 1. The van der Waals surface area contributed by atoms with Crippen LogP contribution in [0.1, 0.15) is 54.3 Å². The number of para-hydroxylation sites is 1. The molecular formula is C23H25N3O3. The average Bonchev–Trinajstić information content (AvgIpc) is 3.26. The number of hydrogen-bond donors (Lipinski definition) is 2. The highest BCUT2D eigenvalue weighted by Gasteiger charge is 2.42. The molecule has 0 unspecified atom stereocenters. The highest BCUT2D eigenvalue weighted by atomic mass is 16.5. The van der Waals surface area contributed by atoms with E-state index >= 15 is 0 Å². The molecule has 0 spiro atoms. The summed E-state index contributed by atoms with van der Waals surface area (Å²) in [5.41, 5.74) is 3.49. The first kappa shape index (κ1) is 19.1. The number of aromatic nitrogens is 2. The Labute approximate surface area is 170 Å². The fourth-order valence-corrected chi connectivity index (χ4v) is 3.92. The van der Waals surface area contributed by atoms with Crippen LogP contribution in [0.15, 0.2) is 48.5 Å². The number of phenolic OH excluding ortho intramolecular Hbond substituents is 1. The van der Waals surface area contributed by atoms with E-state index in [9.17, 15) is 9.90 Å². The summed E-state index contributed by atoms with van der Waals surface area (Å²) in [7, 11) is 0. The predicted octanol–water partition coefficient (Wildman–Crippen LogP) is 4.53. The molecule has 1 amide bonds. The smallest absolute Gasteiger partial charge is 0.273 e. The summed E-state index contributed by atoms with van der Waals surface area (Å²) in [5, 5.41) is 17.7. The Morgan fingerprint density at radius 3 is 2.76 bits per heavy atom. The maximum Gasteiger partial charge on any atom is 0.273 e. The van der Waals surface area contributed by atoms with Crippen LogP contribution in [0.25, 0.3) is 11.3 Å². The highest BCUT2D eigenvalue weighted by Crippen LogP contribution is 2.44. The molecule has 1 aliphatic heterocycles. The van der Waals surface area contributed by atoms with Crippen molar-refractivity contribution in [2.75, 3.05) is 13.2 Å². The molecule has 2 heterocycles. The van der Waals surface area contributed by atoms with E-state index in [4.69, 9.17) is 4.74 Å². The molecule has 0 radical (unpaired) electrons. The van der Waals surface area contributed by atoms with E-state index in [0.717, 1.165) is 29.7 Å². The van der Waals surface area contributed by atoms with Gasteiger partial charge in [-0.15, -0.1) is 0 Å². The number of fused-ring (bicyclic) bond motifs is 1. The Morgan fingerprint density at radius 1 is 1.17 bits per heavy atom. The van der Waals surface area contributed by atoms with E-state index in [1.165, 1.54) is 0 Å². The van der Waals surface area contributed by atoms with Crippen LogP contribution in [0.3, 0.4) is 0 Å². The zero-order chi connectivity index (χ0) is 20.4. The van der Waals surface area contributed by atoms with Crippen molar-refractivity contribution in [3.63, 3.8) is 0 Å². The number of carbonyl (C=O) groups excluding carboxylic acids is 1. The fraction of sp³-hybridized carbons (Fsp3) is 0.304. The molecule has 0 bridgehead atoms. The summed E-state index contributed by atoms with van der Waals surface area (Å²) >= 11 is 0. The van der Waals surface area contributed by atoms with E-state index in [-0.39, 0.29) is 17.7 Å². The van der Waals surface area contributed by atoms with E-state index in [1.807, 2.05) is 48.2 Å². The lowest BCUT2D eigenvalue weighted by Gasteiger charge is -2.26. The van der Waals surface area contributed by atoms with Gasteiger partial charge in [0.2, 0.25) is 0 Å². The number of phenols is 1. The molecule has 150 valence electrons. The molecule has 0 saturated carbocycles. The predicted molar refractivity (Wildman–Crippen MR) is 111 cm³/mol. The van der Waals surface area contributed by atoms with Crippen molar-refractivity contribution < 1.29 is 14.6 Å². The molecule has 2 N–H and O–H groups in total. The van der Waals surface area contributed by atoms with Crippen LogP contribution in [0.4, 0.5) is 0 Å². The number of nitrogens with one attached hydrogen (secondary N) is 1. The monoisotopic (exact) mass is 391 g/mol. The quantitative estimate of drug-likeness (QED) is 0.620. The van der Waals surface area contributed by atoms with Crippen molar-refractivity contribution in [3.8, 4) is 22.8 Å². The fourth-order valence-electron chi connectivity index (χ4n) is 3.92. The Balaban J connectivity index is 1.86. The SMILES string of the molecule is CCCCN1C(=O)c2[nH]nc(-c3ccccc3O)c2[C@H]1c1cccc(OCC)c1. The summed E-state index contributed by atoms with van der Waals surface area (Å²) in [5.74, 6) is 0.853. The Kier molecular flexibility index (Phi) is 5.25. The third-order valence-electron chi connectivity index (χ3n) is 5.26. The lowest BCUT2D eigenvalue weighted by molar-refractivity contribution is 0.0741. The van der Waals surface area contributed by atoms with Gasteiger partial charge in [0.25, 0.3) is 5.91 Å². The number of H-pyrrole nitrogens is 1. The summed E-state index contributed by atoms with van der Waals surface area (Å²) in [6.07, 6.45) is 1.91. The molecule has 1 atom stereocenters. The van der Waals surface area contributed by atoms with Gasteiger partial charge in [-0.2, -0.15) is 5.10 Å². The van der Waals surface area contributed by atoms with Crippen LogP contribution in [0.5, 0.6) is 11.5 Å². The molecule has 0 saturated heterocycles. The van der Waals surface area contributed by atoms with E-state index in [1.54, 1.807) is 12.1 Å². The number of unbranched alkanes of at least 4 members (excludes halogenated alkanes) is 1. The number of nitrogens with zero attached hydrogens (tertiary/aromatic N) is 2. The van der Waals surface area contributed by atoms with Gasteiger partial charge in [-0.3, -0.25) is 9.89 Å². The maximum atomic E-state index is 13.2. The Hall–Kier alpha value is -3.28. The van der Waals surface area contributed by atoms with Gasteiger partial charge in [-0.25, -0.2) is 0 Å². The zero-order valence-electron chi connectivity index (χ0n) is 16.7. The van der Waals surface area contributed by atoms with Gasteiger partial charge in [-0.05, 0) is 43.2 Å². The minimum atomic E-state index is -0.280. The summed E-state index contributed by atoms with van der Waals surface area (Å²) in [4.78, 5) is 15.1. The minimum absolute atomic E-state index is 0.0607. The molecule has 6 nitrogen and oxygen atoms in total. The second kappa shape index (κ2) is 7.99. The largest absolute Gasteiger partial charge is 0.507 e. The highest BCUT2D eigenvalue weighted by molar-refractivity contribution is 6.00. The van der Waals surface area contributed by atoms with Crippen molar-refractivity contribution in [2.24, 2.45) is 0 Å². The van der Waals surface area contributed by atoms with Gasteiger partial charge >= 0.3 is 0 Å². The number of benzene rings is 2. The third-order valence-corrected chi connectivity index (χ3v) is 5.26. The van der Waals surface area contributed by atoms with Crippen LogP contribution < -0.4 is 4.74 Å². The second-order valence-electron chi connectivity index (χ2n) is 7.14. The number of aromatic amines is 1. The molecule has 29 heavy (non-hydrogen) atoms. The molecule has 2 aromatic carbocycles. The molecular weight excluding hydrogens is 366 g/mol. The molecule has 0 aliphatic carbocycles. The standard InChI is InChI=1S/C23H25N3O3/c1-3-5-13-26-22(15-9-8-10-16(14-15)29-4-2)19-20(24-25-21(19)23(26)28)17-11-6-7-12-18(17)27/h6-12,14,22,27H,3-5,13H2,1-2H3,(H,24,25)/t22-/m1/s1. The normalized spacial score (nSPS) is 15.6. The van der Waals surface area contributed by atoms with Gasteiger partial charge in [0, 0.05) is 17.7 Å². The van der Waals surface area contributed by atoms with E-state index in [0.29, 0.717) is 30.1 Å². The third kappa shape index (κ3) is 3.35. The zero-order valence-corrected chi connectivity index (χ0v) is 16.7. The van der Waals surface area contributed by atoms with Crippen molar-refractivity contribution in [3.05, 3.63) is 65.4 Å². The van der Waals surface area contributed by atoms with Crippen LogP contribution >= 0.6 is 0 Å². The van der Waals surface area contributed by atoms with E-state index < -0.39 is 0 Å². The molecule has 0 fully saturated rings. The molecule has 1 aromatic heterocycles. The van der Waals surface area contributed by atoms with Gasteiger partial charge in [0.1, 0.15) is 22.9 Å². The van der Waals surface area contributed by atoms with Crippen molar-refractivity contribution >= 4 is 5.91 Å². The van der Waals surface area contributed by atoms with Crippen LogP contribution in [0, 0.1) is 0 Å². The van der Waals surface area contributed by atoms with Crippen molar-refractivity contribution in [1.29, 1.82) is 0 Å². The van der Waals surface area contributed by atoms with Crippen LogP contribution in [-0.2, 0) is 0 Å². The lowest BCUT2D eigenvalue weighted by Crippen LogP contribution is -2.30. The molecule has 6 heteroatoms. The second-order valence-corrected chi connectivity index (χ2v) is 7.14. The number of amides is 1. The van der Waals surface area contributed by atoms with Gasteiger partial charge in [0.05, 0.1) is 12.6 Å². The summed E-state index contributed by atoms with van der Waals surface area (Å²) in [6.45, 7) is 5.29. The number of carbonyl (C=O) groups is 1. The molecule has 4 rings (SSSR count). The first-order valence-electron chi connectivity index (χ1n) is 10.1. The summed E-state index contributed by atoms with van der Waals surface area (Å²) < 4.78 is 5.69. The summed E-state index contributed by atoms with van der Waals surface area (Å²) in [6, 6.07) is 14.7. The Bertz CT molecular complexity index is 1030. The van der Waals surface area contributed by atoms with Crippen molar-refractivity contribution in [1.82, 2.24) is 15.1 Å².